The van der Waals surface area contributed by atoms with Gasteiger partial charge in [-0.1, -0.05) is 89.1 Å². The maximum absolute atomic E-state index is 13.7. The number of aliphatic carboxylic acids is 1. The molecule has 1 saturated carbocycles. The lowest BCUT2D eigenvalue weighted by Crippen LogP contribution is -2.54. The molecule has 0 radical (unpaired) electrons. The Morgan fingerprint density at radius 3 is 2.56 bits per heavy atom. The summed E-state index contributed by atoms with van der Waals surface area (Å²) in [6.45, 7) is 5.79. The molecule has 1 aliphatic rings. The van der Waals surface area contributed by atoms with Crippen LogP contribution in [0, 0.1) is 5.92 Å². The Morgan fingerprint density at radius 2 is 1.82 bits per heavy atom. The number of fused-ring (bicyclic) bond motifs is 1. The summed E-state index contributed by atoms with van der Waals surface area (Å²) in [5.74, 6) is -1.72. The van der Waals surface area contributed by atoms with E-state index < -0.39 is 16.6 Å². The van der Waals surface area contributed by atoms with Crippen LogP contribution in [0.2, 0.25) is 0 Å². The zero-order chi connectivity index (χ0) is 24.4. The van der Waals surface area contributed by atoms with E-state index in [9.17, 15) is 14.7 Å². The first kappa shape index (κ1) is 26.6. The fraction of sp³-hybridized carbons (Fsp3) is 0.667. The van der Waals surface area contributed by atoms with Gasteiger partial charge in [0, 0.05) is 13.1 Å². The molecule has 1 fully saturated rings. The monoisotopic (exact) mass is 487 g/mol. The van der Waals surface area contributed by atoms with Crippen LogP contribution < -0.4 is 5.32 Å². The van der Waals surface area contributed by atoms with Crippen LogP contribution in [0.15, 0.2) is 29.4 Å². The van der Waals surface area contributed by atoms with E-state index in [2.05, 4.69) is 29.8 Å². The number of nitrogens with zero attached hydrogens (tertiary/aromatic N) is 2. The Bertz CT molecular complexity index is 944. The van der Waals surface area contributed by atoms with Gasteiger partial charge in [-0.25, -0.2) is 4.98 Å². The number of thioether (sulfide) groups is 1. The van der Waals surface area contributed by atoms with Gasteiger partial charge in [-0.2, -0.15) is 0 Å². The standard InChI is InChI=1S/C27H41N3O3S/c1-3-5-7-13-19-28-25(33)27(18-12-11-15-21(27)24(31)32)34-26-29-22-16-9-10-17-23(22)30(26)20-14-8-6-4-2/h9-10,16-17,21H,3-8,11-15,18-20H2,1-2H3,(H,28,33)(H,31,32). The third kappa shape index (κ3) is 6.35. The molecule has 188 valence electrons. The summed E-state index contributed by atoms with van der Waals surface area (Å²) in [5, 5.41) is 14.0. The number of amides is 1. The molecule has 1 aliphatic carbocycles. The van der Waals surface area contributed by atoms with Crippen molar-refractivity contribution in [1.29, 1.82) is 0 Å². The molecule has 7 heteroatoms. The van der Waals surface area contributed by atoms with E-state index in [4.69, 9.17) is 4.98 Å². The van der Waals surface area contributed by atoms with Gasteiger partial charge in [0.1, 0.15) is 4.75 Å². The number of carboxylic acid groups (broad SMARTS) is 1. The van der Waals surface area contributed by atoms with Gasteiger partial charge >= 0.3 is 5.97 Å². The molecule has 2 unspecified atom stereocenters. The fourth-order valence-corrected chi connectivity index (χ4v) is 6.56. The second-order valence-electron chi connectivity index (χ2n) is 9.54. The number of imidazole rings is 1. The normalized spacial score (nSPS) is 20.5. The zero-order valence-corrected chi connectivity index (χ0v) is 21.7. The van der Waals surface area contributed by atoms with Crippen molar-refractivity contribution in [2.75, 3.05) is 6.54 Å². The van der Waals surface area contributed by atoms with Crippen LogP contribution in [0.25, 0.3) is 11.0 Å². The van der Waals surface area contributed by atoms with Crippen molar-refractivity contribution in [2.24, 2.45) is 5.92 Å². The largest absolute Gasteiger partial charge is 0.481 e. The topological polar surface area (TPSA) is 84.2 Å². The van der Waals surface area contributed by atoms with Gasteiger partial charge < -0.3 is 15.0 Å². The number of carbonyl (C=O) groups excluding carboxylic acids is 1. The lowest BCUT2D eigenvalue weighted by molar-refractivity contribution is -0.147. The first-order valence-corrected chi connectivity index (χ1v) is 14.0. The van der Waals surface area contributed by atoms with E-state index in [0.29, 0.717) is 19.4 Å². The summed E-state index contributed by atoms with van der Waals surface area (Å²) in [6, 6.07) is 8.06. The SMILES string of the molecule is CCCCCCNC(=O)C1(Sc2nc3ccccc3n2CCCCCC)CCCCC1C(=O)O. The quantitative estimate of drug-likeness (QED) is 0.300. The van der Waals surface area contributed by atoms with Gasteiger partial charge in [0.15, 0.2) is 5.16 Å². The molecule has 34 heavy (non-hydrogen) atoms. The molecule has 3 rings (SSSR count). The molecule has 1 amide bonds. The van der Waals surface area contributed by atoms with Gasteiger partial charge in [-0.05, 0) is 37.8 Å². The molecule has 0 spiro atoms. The first-order valence-electron chi connectivity index (χ1n) is 13.2. The molecule has 0 saturated heterocycles. The molecule has 1 heterocycles. The molecule has 1 aromatic heterocycles. The number of carboxylic acids is 1. The van der Waals surface area contributed by atoms with Gasteiger partial charge in [-0.15, -0.1) is 0 Å². The Kier molecular flexibility index (Phi) is 10.3. The predicted octanol–water partition coefficient (Wildman–Crippen LogP) is 6.42. The summed E-state index contributed by atoms with van der Waals surface area (Å²) in [4.78, 5) is 30.9. The summed E-state index contributed by atoms with van der Waals surface area (Å²) < 4.78 is 1.18. The summed E-state index contributed by atoms with van der Waals surface area (Å²) in [5.41, 5.74) is 1.96. The summed E-state index contributed by atoms with van der Waals surface area (Å²) >= 11 is 1.40. The average Bonchev–Trinajstić information content (AvgIpc) is 3.18. The molecule has 2 atom stereocenters. The Hall–Kier alpha value is -2.02. The number of carbonyl (C=O) groups is 2. The van der Waals surface area contributed by atoms with E-state index in [0.717, 1.165) is 74.1 Å². The van der Waals surface area contributed by atoms with Crippen LogP contribution in [-0.2, 0) is 16.1 Å². The number of hydrogen-bond acceptors (Lipinski definition) is 4. The summed E-state index contributed by atoms with van der Waals surface area (Å²) in [7, 11) is 0. The van der Waals surface area contributed by atoms with Crippen molar-refractivity contribution < 1.29 is 14.7 Å². The van der Waals surface area contributed by atoms with Crippen molar-refractivity contribution in [3.8, 4) is 0 Å². The van der Waals surface area contributed by atoms with E-state index >= 15 is 0 Å². The third-order valence-electron chi connectivity index (χ3n) is 6.98. The fourth-order valence-electron chi connectivity index (χ4n) is 5.02. The third-order valence-corrected chi connectivity index (χ3v) is 8.51. The maximum Gasteiger partial charge on any atom is 0.308 e. The minimum Gasteiger partial charge on any atom is -0.481 e. The van der Waals surface area contributed by atoms with Gasteiger partial charge in [-0.3, -0.25) is 9.59 Å². The van der Waals surface area contributed by atoms with Crippen LogP contribution >= 0.6 is 11.8 Å². The number of aromatic nitrogens is 2. The summed E-state index contributed by atoms with van der Waals surface area (Å²) in [6.07, 6.45) is 11.6. The molecule has 2 N–H and O–H groups in total. The molecule has 0 bridgehead atoms. The Labute approximate surface area is 208 Å². The number of aryl methyl sites for hydroxylation is 1. The van der Waals surface area contributed by atoms with Crippen molar-refractivity contribution in [2.45, 2.75) is 107 Å². The smallest absolute Gasteiger partial charge is 0.308 e. The van der Waals surface area contributed by atoms with Crippen molar-refractivity contribution in [3.63, 3.8) is 0 Å². The first-order chi connectivity index (χ1) is 16.5. The number of hydrogen-bond donors (Lipinski definition) is 2. The highest BCUT2D eigenvalue weighted by Gasteiger charge is 2.52. The highest BCUT2D eigenvalue weighted by Crippen LogP contribution is 2.48. The lowest BCUT2D eigenvalue weighted by Gasteiger charge is -2.39. The molecule has 2 aromatic rings. The maximum atomic E-state index is 13.7. The Morgan fingerprint density at radius 1 is 1.09 bits per heavy atom. The van der Waals surface area contributed by atoms with E-state index in [1.807, 2.05) is 18.2 Å². The average molecular weight is 488 g/mol. The van der Waals surface area contributed by atoms with Crippen LogP contribution in [0.4, 0.5) is 0 Å². The zero-order valence-electron chi connectivity index (χ0n) is 20.9. The van der Waals surface area contributed by atoms with Crippen LogP contribution in [0.1, 0.15) is 90.9 Å². The van der Waals surface area contributed by atoms with E-state index in [1.54, 1.807) is 0 Å². The number of para-hydroxylation sites is 2. The van der Waals surface area contributed by atoms with Crippen LogP contribution in [0.5, 0.6) is 0 Å². The Balaban J connectivity index is 1.91. The van der Waals surface area contributed by atoms with Crippen molar-refractivity contribution in [3.05, 3.63) is 24.3 Å². The molecular weight excluding hydrogens is 446 g/mol. The number of rotatable bonds is 14. The highest BCUT2D eigenvalue weighted by atomic mass is 32.2. The predicted molar refractivity (Wildman–Crippen MR) is 139 cm³/mol. The van der Waals surface area contributed by atoms with Crippen LogP contribution in [0.3, 0.4) is 0 Å². The van der Waals surface area contributed by atoms with Gasteiger partial charge in [0.05, 0.1) is 17.0 Å². The highest BCUT2D eigenvalue weighted by molar-refractivity contribution is 8.01. The van der Waals surface area contributed by atoms with Crippen molar-refractivity contribution in [1.82, 2.24) is 14.9 Å². The van der Waals surface area contributed by atoms with E-state index in [1.165, 1.54) is 24.6 Å². The minimum atomic E-state index is -1.03. The minimum absolute atomic E-state index is 0.134. The number of unbranched alkanes of at least 4 members (excludes halogenated alkanes) is 6. The van der Waals surface area contributed by atoms with Crippen LogP contribution in [-0.4, -0.2) is 37.8 Å². The van der Waals surface area contributed by atoms with E-state index in [-0.39, 0.29) is 5.91 Å². The molecule has 0 aliphatic heterocycles. The number of benzene rings is 1. The molecule has 1 aromatic carbocycles. The van der Waals surface area contributed by atoms with Gasteiger partial charge in [0.2, 0.25) is 5.91 Å². The van der Waals surface area contributed by atoms with Crippen molar-refractivity contribution >= 4 is 34.7 Å². The molecule has 6 nitrogen and oxygen atoms in total. The second-order valence-corrected chi connectivity index (χ2v) is 10.8. The van der Waals surface area contributed by atoms with Gasteiger partial charge in [0.25, 0.3) is 0 Å². The lowest BCUT2D eigenvalue weighted by atomic mass is 9.77. The number of nitrogens with one attached hydrogen (secondary N) is 1. The molecular formula is C27H41N3O3S. The second kappa shape index (κ2) is 13.2.